The fourth-order valence-electron chi connectivity index (χ4n) is 3.16. The average molecular weight is 244 g/mol. The van der Waals surface area contributed by atoms with E-state index in [2.05, 4.69) is 24.4 Å². The summed E-state index contributed by atoms with van der Waals surface area (Å²) in [5.41, 5.74) is 2.18. The van der Waals surface area contributed by atoms with Gasteiger partial charge in [-0.2, -0.15) is 0 Å². The first-order valence-corrected chi connectivity index (χ1v) is 6.74. The lowest BCUT2D eigenvalue weighted by Gasteiger charge is -2.33. The van der Waals surface area contributed by atoms with Crippen molar-refractivity contribution in [1.29, 1.82) is 0 Å². The van der Waals surface area contributed by atoms with Crippen molar-refractivity contribution >= 4 is 11.6 Å². The molecule has 1 aromatic carbocycles. The van der Waals surface area contributed by atoms with E-state index in [1.165, 1.54) is 18.4 Å². The van der Waals surface area contributed by atoms with Gasteiger partial charge in [-0.05, 0) is 55.8 Å². The van der Waals surface area contributed by atoms with Crippen LogP contribution < -0.4 is 10.2 Å². The van der Waals surface area contributed by atoms with Gasteiger partial charge in [0.1, 0.15) is 0 Å². The summed E-state index contributed by atoms with van der Waals surface area (Å²) < 4.78 is 0. The molecule has 1 heterocycles. The van der Waals surface area contributed by atoms with Crippen LogP contribution in [-0.4, -0.2) is 25.5 Å². The zero-order chi connectivity index (χ0) is 12.7. The Balaban J connectivity index is 1.76. The molecule has 2 aliphatic rings. The van der Waals surface area contributed by atoms with Crippen LogP contribution in [0, 0.1) is 18.8 Å². The van der Waals surface area contributed by atoms with Gasteiger partial charge in [-0.15, -0.1) is 0 Å². The Morgan fingerprint density at radius 3 is 2.83 bits per heavy atom. The van der Waals surface area contributed by atoms with Crippen molar-refractivity contribution in [2.75, 3.05) is 18.5 Å². The number of carbonyl (C=O) groups is 1. The van der Waals surface area contributed by atoms with Gasteiger partial charge in [0.15, 0.2) is 0 Å². The second kappa shape index (κ2) is 4.39. The van der Waals surface area contributed by atoms with Crippen molar-refractivity contribution in [1.82, 2.24) is 5.32 Å². The SMILES string of the molecule is Cc1cccc(N(C)C(=O)[C@H]2NC[C@@H]3CC[C@@H]32)c1. The van der Waals surface area contributed by atoms with Crippen LogP contribution in [0.1, 0.15) is 18.4 Å². The third-order valence-electron chi connectivity index (χ3n) is 4.49. The molecule has 2 fully saturated rings. The number of likely N-dealkylation sites (N-methyl/N-ethyl adjacent to an activating group) is 1. The van der Waals surface area contributed by atoms with Gasteiger partial charge in [0.2, 0.25) is 5.91 Å². The molecular weight excluding hydrogens is 224 g/mol. The maximum absolute atomic E-state index is 12.5. The number of anilines is 1. The van der Waals surface area contributed by atoms with Gasteiger partial charge >= 0.3 is 0 Å². The van der Waals surface area contributed by atoms with E-state index in [1.54, 1.807) is 4.90 Å². The smallest absolute Gasteiger partial charge is 0.244 e. The van der Waals surface area contributed by atoms with Crippen LogP contribution in [-0.2, 0) is 4.79 Å². The number of hydrogen-bond donors (Lipinski definition) is 1. The number of benzene rings is 1. The monoisotopic (exact) mass is 244 g/mol. The van der Waals surface area contributed by atoms with Crippen LogP contribution in [0.2, 0.25) is 0 Å². The Labute approximate surface area is 108 Å². The van der Waals surface area contributed by atoms with E-state index in [0.29, 0.717) is 5.92 Å². The zero-order valence-corrected chi connectivity index (χ0v) is 11.0. The molecule has 1 aliphatic heterocycles. The van der Waals surface area contributed by atoms with E-state index in [4.69, 9.17) is 0 Å². The molecule has 1 aromatic rings. The van der Waals surface area contributed by atoms with Gasteiger partial charge in [-0.25, -0.2) is 0 Å². The minimum absolute atomic E-state index is 0.0364. The molecule has 18 heavy (non-hydrogen) atoms. The number of amides is 1. The molecule has 0 radical (unpaired) electrons. The first-order chi connectivity index (χ1) is 8.66. The van der Waals surface area contributed by atoms with Crippen LogP contribution in [0.4, 0.5) is 5.69 Å². The summed E-state index contributed by atoms with van der Waals surface area (Å²) in [6.07, 6.45) is 2.49. The van der Waals surface area contributed by atoms with Crippen molar-refractivity contribution < 1.29 is 4.79 Å². The highest BCUT2D eigenvalue weighted by Gasteiger charge is 2.46. The van der Waals surface area contributed by atoms with Crippen molar-refractivity contribution in [3.05, 3.63) is 29.8 Å². The predicted octanol–water partition coefficient (Wildman–Crippen LogP) is 1.96. The fourth-order valence-corrected chi connectivity index (χ4v) is 3.16. The van der Waals surface area contributed by atoms with Gasteiger partial charge in [0.25, 0.3) is 0 Å². The summed E-state index contributed by atoms with van der Waals surface area (Å²) in [6.45, 7) is 3.07. The normalized spacial score (nSPS) is 29.6. The topological polar surface area (TPSA) is 32.3 Å². The Morgan fingerprint density at radius 1 is 1.39 bits per heavy atom. The molecule has 1 N–H and O–H groups in total. The Bertz CT molecular complexity index is 471. The number of fused-ring (bicyclic) bond motifs is 1. The van der Waals surface area contributed by atoms with Crippen LogP contribution >= 0.6 is 0 Å². The molecule has 1 aliphatic carbocycles. The third kappa shape index (κ3) is 1.83. The standard InChI is InChI=1S/C15H20N2O/c1-10-4-3-5-12(8-10)17(2)15(18)14-13-7-6-11(13)9-16-14/h3-5,8,11,13-14,16H,6-7,9H2,1-2H3/t11-,13-,14-/m0/s1. The summed E-state index contributed by atoms with van der Waals surface area (Å²) in [4.78, 5) is 14.3. The van der Waals surface area contributed by atoms with Crippen LogP contribution in [0.5, 0.6) is 0 Å². The molecule has 3 nitrogen and oxygen atoms in total. The van der Waals surface area contributed by atoms with E-state index in [0.717, 1.165) is 18.2 Å². The molecule has 0 unspecified atom stereocenters. The first kappa shape index (κ1) is 11.7. The number of aryl methyl sites for hydroxylation is 1. The fraction of sp³-hybridized carbons (Fsp3) is 0.533. The quantitative estimate of drug-likeness (QED) is 0.862. The second-order valence-electron chi connectivity index (χ2n) is 5.62. The van der Waals surface area contributed by atoms with Gasteiger partial charge in [0.05, 0.1) is 6.04 Å². The Kier molecular flexibility index (Phi) is 2.86. The van der Waals surface area contributed by atoms with Crippen LogP contribution in [0.3, 0.4) is 0 Å². The number of carbonyl (C=O) groups excluding carboxylic acids is 1. The molecule has 0 aromatic heterocycles. The maximum Gasteiger partial charge on any atom is 0.244 e. The number of rotatable bonds is 2. The average Bonchev–Trinajstić information content (AvgIpc) is 2.62. The molecular formula is C15H20N2O. The molecule has 1 saturated carbocycles. The Hall–Kier alpha value is -1.35. The zero-order valence-electron chi connectivity index (χ0n) is 11.0. The molecule has 3 atom stereocenters. The summed E-state index contributed by atoms with van der Waals surface area (Å²) in [5.74, 6) is 1.53. The highest BCUT2D eigenvalue weighted by atomic mass is 16.2. The van der Waals surface area contributed by atoms with Crippen LogP contribution in [0.15, 0.2) is 24.3 Å². The summed E-state index contributed by atoms with van der Waals surface area (Å²) in [7, 11) is 1.88. The lowest BCUT2D eigenvalue weighted by Crippen LogP contribution is -2.46. The van der Waals surface area contributed by atoms with E-state index in [1.807, 2.05) is 19.2 Å². The van der Waals surface area contributed by atoms with Gasteiger partial charge in [0, 0.05) is 12.7 Å². The highest BCUT2D eigenvalue weighted by Crippen LogP contribution is 2.41. The Morgan fingerprint density at radius 2 is 2.22 bits per heavy atom. The van der Waals surface area contributed by atoms with E-state index in [9.17, 15) is 4.79 Å². The first-order valence-electron chi connectivity index (χ1n) is 6.74. The molecule has 0 bridgehead atoms. The molecule has 1 amide bonds. The third-order valence-corrected chi connectivity index (χ3v) is 4.49. The number of hydrogen-bond acceptors (Lipinski definition) is 2. The van der Waals surface area contributed by atoms with Crippen LogP contribution in [0.25, 0.3) is 0 Å². The minimum Gasteiger partial charge on any atom is -0.314 e. The van der Waals surface area contributed by atoms with Crippen molar-refractivity contribution in [2.45, 2.75) is 25.8 Å². The minimum atomic E-state index is 0.0364. The molecule has 96 valence electrons. The summed E-state index contributed by atoms with van der Waals surface area (Å²) in [6, 6.07) is 8.15. The lowest BCUT2D eigenvalue weighted by molar-refractivity contribution is -0.121. The molecule has 3 heteroatoms. The summed E-state index contributed by atoms with van der Waals surface area (Å²) in [5, 5.41) is 3.39. The van der Waals surface area contributed by atoms with Gasteiger partial charge < -0.3 is 10.2 Å². The van der Waals surface area contributed by atoms with Crippen molar-refractivity contribution in [3.63, 3.8) is 0 Å². The van der Waals surface area contributed by atoms with E-state index >= 15 is 0 Å². The molecule has 0 spiro atoms. The lowest BCUT2D eigenvalue weighted by atomic mass is 9.73. The predicted molar refractivity (Wildman–Crippen MR) is 72.6 cm³/mol. The van der Waals surface area contributed by atoms with Gasteiger partial charge in [-0.3, -0.25) is 4.79 Å². The van der Waals surface area contributed by atoms with Crippen molar-refractivity contribution in [3.8, 4) is 0 Å². The van der Waals surface area contributed by atoms with Crippen molar-refractivity contribution in [2.24, 2.45) is 11.8 Å². The summed E-state index contributed by atoms with van der Waals surface area (Å²) >= 11 is 0. The van der Waals surface area contributed by atoms with Gasteiger partial charge in [-0.1, -0.05) is 12.1 Å². The molecule has 1 saturated heterocycles. The van der Waals surface area contributed by atoms with E-state index < -0.39 is 0 Å². The van der Waals surface area contributed by atoms with E-state index in [-0.39, 0.29) is 11.9 Å². The number of nitrogens with zero attached hydrogens (tertiary/aromatic N) is 1. The maximum atomic E-state index is 12.5. The second-order valence-corrected chi connectivity index (χ2v) is 5.62. The molecule has 3 rings (SSSR count). The largest absolute Gasteiger partial charge is 0.314 e. The highest BCUT2D eigenvalue weighted by molar-refractivity contribution is 5.97. The number of nitrogens with one attached hydrogen (secondary N) is 1.